The number of nitrogens with zero attached hydrogens (tertiary/aromatic N) is 2. The number of aromatic nitrogens is 1. The highest BCUT2D eigenvalue weighted by Crippen LogP contribution is 2.21. The highest BCUT2D eigenvalue weighted by Gasteiger charge is 2.08. The molecule has 29 heavy (non-hydrogen) atoms. The molecular formula is C25H23N3O. The molecule has 0 saturated heterocycles. The van der Waals surface area contributed by atoms with Crippen LogP contribution < -0.4 is 5.43 Å². The van der Waals surface area contributed by atoms with Crippen molar-refractivity contribution in [3.8, 4) is 0 Å². The third-order valence-electron chi connectivity index (χ3n) is 4.86. The first-order chi connectivity index (χ1) is 14.2. The van der Waals surface area contributed by atoms with Crippen LogP contribution in [-0.4, -0.2) is 16.7 Å². The van der Waals surface area contributed by atoms with E-state index in [9.17, 15) is 4.79 Å². The van der Waals surface area contributed by atoms with E-state index in [4.69, 9.17) is 0 Å². The second-order valence-corrected chi connectivity index (χ2v) is 7.17. The predicted molar refractivity (Wildman–Crippen MR) is 118 cm³/mol. The monoisotopic (exact) mass is 381 g/mol. The Hall–Kier alpha value is -3.66. The summed E-state index contributed by atoms with van der Waals surface area (Å²) in [5, 5.41) is 5.30. The minimum atomic E-state index is -0.129. The number of para-hydroxylation sites is 1. The molecule has 0 bridgehead atoms. The van der Waals surface area contributed by atoms with Gasteiger partial charge in [0.1, 0.15) is 0 Å². The Balaban J connectivity index is 1.51. The van der Waals surface area contributed by atoms with Gasteiger partial charge < -0.3 is 4.57 Å². The maximum absolute atomic E-state index is 12.1. The molecule has 144 valence electrons. The average molecular weight is 381 g/mol. The van der Waals surface area contributed by atoms with Crippen LogP contribution in [0.15, 0.2) is 90.2 Å². The molecule has 4 aromatic rings. The fourth-order valence-corrected chi connectivity index (χ4v) is 3.51. The Morgan fingerprint density at radius 1 is 0.966 bits per heavy atom. The minimum Gasteiger partial charge on any atom is -0.342 e. The zero-order valence-corrected chi connectivity index (χ0v) is 16.4. The van der Waals surface area contributed by atoms with Crippen molar-refractivity contribution in [3.05, 3.63) is 107 Å². The topological polar surface area (TPSA) is 46.4 Å². The lowest BCUT2D eigenvalue weighted by Gasteiger charge is -2.06. The zero-order valence-electron chi connectivity index (χ0n) is 16.4. The van der Waals surface area contributed by atoms with Crippen molar-refractivity contribution in [1.82, 2.24) is 9.99 Å². The number of amides is 1. The number of fused-ring (bicyclic) bond motifs is 1. The van der Waals surface area contributed by atoms with Gasteiger partial charge in [0.25, 0.3) is 0 Å². The van der Waals surface area contributed by atoms with Crippen molar-refractivity contribution < 1.29 is 4.79 Å². The number of aryl methyl sites for hydroxylation is 1. The lowest BCUT2D eigenvalue weighted by molar-refractivity contribution is -0.120. The van der Waals surface area contributed by atoms with Crippen molar-refractivity contribution in [2.75, 3.05) is 0 Å². The highest BCUT2D eigenvalue weighted by molar-refractivity contribution is 5.99. The van der Waals surface area contributed by atoms with Crippen molar-refractivity contribution in [2.24, 2.45) is 5.10 Å². The summed E-state index contributed by atoms with van der Waals surface area (Å²) < 4.78 is 2.22. The molecule has 0 aliphatic rings. The number of hydrazone groups is 1. The fourth-order valence-electron chi connectivity index (χ4n) is 3.51. The summed E-state index contributed by atoms with van der Waals surface area (Å²) in [6, 6.07) is 26.4. The molecular weight excluding hydrogens is 358 g/mol. The van der Waals surface area contributed by atoms with Crippen LogP contribution in [0.3, 0.4) is 0 Å². The van der Waals surface area contributed by atoms with Crippen molar-refractivity contribution in [1.29, 1.82) is 0 Å². The van der Waals surface area contributed by atoms with Gasteiger partial charge in [-0.2, -0.15) is 5.10 Å². The minimum absolute atomic E-state index is 0.129. The van der Waals surface area contributed by atoms with E-state index in [1.54, 1.807) is 6.21 Å². The number of rotatable bonds is 6. The molecule has 4 heteroatoms. The van der Waals surface area contributed by atoms with Gasteiger partial charge >= 0.3 is 0 Å². The second-order valence-electron chi connectivity index (χ2n) is 7.17. The Bertz CT molecular complexity index is 1160. The van der Waals surface area contributed by atoms with Gasteiger partial charge in [-0.25, -0.2) is 5.43 Å². The summed E-state index contributed by atoms with van der Waals surface area (Å²) in [6.45, 7) is 2.89. The molecule has 0 atom stereocenters. The molecule has 1 amide bonds. The molecule has 0 spiro atoms. The largest absolute Gasteiger partial charge is 0.342 e. The molecule has 1 heterocycles. The van der Waals surface area contributed by atoms with Gasteiger partial charge in [0.15, 0.2) is 0 Å². The number of carbonyl (C=O) groups is 1. The molecule has 1 aromatic heterocycles. The van der Waals surface area contributed by atoms with Gasteiger partial charge in [-0.05, 0) is 24.1 Å². The molecule has 1 N–H and O–H groups in total. The summed E-state index contributed by atoms with van der Waals surface area (Å²) in [6.07, 6.45) is 4.12. The molecule has 4 nitrogen and oxygen atoms in total. The number of benzene rings is 3. The Morgan fingerprint density at radius 3 is 2.55 bits per heavy atom. The quantitative estimate of drug-likeness (QED) is 0.382. The highest BCUT2D eigenvalue weighted by atomic mass is 16.2. The van der Waals surface area contributed by atoms with Crippen molar-refractivity contribution in [2.45, 2.75) is 19.9 Å². The van der Waals surface area contributed by atoms with E-state index in [0.717, 1.165) is 28.6 Å². The van der Waals surface area contributed by atoms with Crippen LogP contribution >= 0.6 is 0 Å². The lowest BCUT2D eigenvalue weighted by Crippen LogP contribution is -2.19. The molecule has 0 aliphatic heterocycles. The summed E-state index contributed by atoms with van der Waals surface area (Å²) >= 11 is 0. The fraction of sp³-hybridized carbons (Fsp3) is 0.120. The third-order valence-corrected chi connectivity index (χ3v) is 4.86. The number of nitrogens with one attached hydrogen (secondary N) is 1. The van der Waals surface area contributed by atoms with Gasteiger partial charge in [-0.3, -0.25) is 4.79 Å². The normalized spacial score (nSPS) is 11.2. The SMILES string of the molecule is Cc1cccc(Cn2cc(/C=N\NC(=O)Cc3ccccc3)c3ccccc32)c1. The first-order valence-corrected chi connectivity index (χ1v) is 9.68. The molecule has 0 saturated carbocycles. The Kier molecular flexibility index (Phi) is 5.52. The molecule has 0 aliphatic carbocycles. The summed E-state index contributed by atoms with van der Waals surface area (Å²) in [4.78, 5) is 12.1. The first kappa shape index (κ1) is 18.7. The standard InChI is InChI=1S/C25H23N3O/c1-19-8-7-11-21(14-19)17-28-18-22(23-12-5-6-13-24(23)28)16-26-27-25(29)15-20-9-3-2-4-10-20/h2-14,16,18H,15,17H2,1H3,(H,27,29)/b26-16-. The molecule has 3 aromatic carbocycles. The smallest absolute Gasteiger partial charge is 0.244 e. The van der Waals surface area contributed by atoms with E-state index >= 15 is 0 Å². The number of hydrogen-bond donors (Lipinski definition) is 1. The van der Waals surface area contributed by atoms with Crippen LogP contribution in [0, 0.1) is 6.92 Å². The maximum atomic E-state index is 12.1. The lowest BCUT2D eigenvalue weighted by atomic mass is 10.1. The predicted octanol–water partition coefficient (Wildman–Crippen LogP) is 4.69. The van der Waals surface area contributed by atoms with E-state index in [2.05, 4.69) is 64.6 Å². The summed E-state index contributed by atoms with van der Waals surface area (Å²) in [5.41, 5.74) is 8.23. The van der Waals surface area contributed by atoms with Crippen LogP contribution in [0.2, 0.25) is 0 Å². The van der Waals surface area contributed by atoms with Gasteiger partial charge in [-0.15, -0.1) is 0 Å². The molecule has 0 radical (unpaired) electrons. The van der Waals surface area contributed by atoms with Crippen molar-refractivity contribution >= 4 is 23.0 Å². The summed E-state index contributed by atoms with van der Waals surface area (Å²) in [7, 11) is 0. The zero-order chi connectivity index (χ0) is 20.1. The van der Waals surface area contributed by atoms with Crippen LogP contribution in [0.4, 0.5) is 0 Å². The Morgan fingerprint density at radius 2 is 1.72 bits per heavy atom. The van der Waals surface area contributed by atoms with Gasteiger partial charge in [0, 0.05) is 29.2 Å². The first-order valence-electron chi connectivity index (χ1n) is 9.68. The molecule has 0 unspecified atom stereocenters. The average Bonchev–Trinajstić information content (AvgIpc) is 3.06. The third kappa shape index (κ3) is 4.61. The number of hydrogen-bond acceptors (Lipinski definition) is 2. The van der Waals surface area contributed by atoms with Crippen LogP contribution in [-0.2, 0) is 17.8 Å². The van der Waals surface area contributed by atoms with Crippen LogP contribution in [0.5, 0.6) is 0 Å². The van der Waals surface area contributed by atoms with Gasteiger partial charge in [0.05, 0.1) is 12.6 Å². The van der Waals surface area contributed by atoms with E-state index in [0.29, 0.717) is 6.42 Å². The van der Waals surface area contributed by atoms with Gasteiger partial charge in [0.2, 0.25) is 5.91 Å². The van der Waals surface area contributed by atoms with Crippen molar-refractivity contribution in [3.63, 3.8) is 0 Å². The second kappa shape index (κ2) is 8.57. The van der Waals surface area contributed by atoms with Crippen LogP contribution in [0.1, 0.15) is 22.3 Å². The van der Waals surface area contributed by atoms with Gasteiger partial charge in [-0.1, -0.05) is 78.4 Å². The van der Waals surface area contributed by atoms with E-state index in [1.165, 1.54) is 11.1 Å². The number of carbonyl (C=O) groups excluding carboxylic acids is 1. The molecule has 4 rings (SSSR count). The van der Waals surface area contributed by atoms with E-state index in [1.807, 2.05) is 42.5 Å². The maximum Gasteiger partial charge on any atom is 0.244 e. The van der Waals surface area contributed by atoms with E-state index < -0.39 is 0 Å². The summed E-state index contributed by atoms with van der Waals surface area (Å²) in [5.74, 6) is -0.129. The van der Waals surface area contributed by atoms with Crippen LogP contribution in [0.25, 0.3) is 10.9 Å². The Labute approximate surface area is 170 Å². The molecule has 0 fully saturated rings. The van der Waals surface area contributed by atoms with E-state index in [-0.39, 0.29) is 5.91 Å².